The molecule has 0 saturated carbocycles. The molecule has 0 aliphatic carbocycles. The summed E-state index contributed by atoms with van der Waals surface area (Å²) in [4.78, 5) is 16.7. The number of hydrogen-bond acceptors (Lipinski definition) is 4. The number of aryl methyl sites for hydroxylation is 2. The SMILES string of the molecule is Cc1ccc(-c2nc(N)n(C(=O)c3ccccc3Cl)n2)cc1C. The average Bonchev–Trinajstić information content (AvgIpc) is 2.92. The number of aromatic nitrogens is 3. The van der Waals surface area contributed by atoms with Crippen molar-refractivity contribution in [1.29, 1.82) is 0 Å². The third-order valence-corrected chi connectivity index (χ3v) is 4.02. The highest BCUT2D eigenvalue weighted by molar-refractivity contribution is 6.33. The standard InChI is InChI=1S/C17H15ClN4O/c1-10-7-8-12(9-11(10)2)15-20-17(19)22(21-15)16(23)13-5-3-4-6-14(13)18/h3-9H,1-2H3,(H2,19,20,21). The number of nitrogen functional groups attached to an aromatic ring is 1. The van der Waals surface area contributed by atoms with Crippen LogP contribution in [-0.4, -0.2) is 20.7 Å². The highest BCUT2D eigenvalue weighted by Crippen LogP contribution is 2.22. The lowest BCUT2D eigenvalue weighted by molar-refractivity contribution is 0.0948. The number of nitrogens with two attached hydrogens (primary N) is 1. The van der Waals surface area contributed by atoms with Crippen LogP contribution in [0.3, 0.4) is 0 Å². The van der Waals surface area contributed by atoms with Gasteiger partial charge in [0.1, 0.15) is 0 Å². The van der Waals surface area contributed by atoms with Crippen molar-refractivity contribution in [2.75, 3.05) is 5.73 Å². The molecule has 1 heterocycles. The molecule has 116 valence electrons. The van der Waals surface area contributed by atoms with Gasteiger partial charge in [0.15, 0.2) is 5.82 Å². The van der Waals surface area contributed by atoms with Crippen LogP contribution >= 0.6 is 11.6 Å². The largest absolute Gasteiger partial charge is 0.368 e. The lowest BCUT2D eigenvalue weighted by atomic mass is 10.1. The molecular formula is C17H15ClN4O. The summed E-state index contributed by atoms with van der Waals surface area (Å²) in [6.45, 7) is 4.04. The summed E-state index contributed by atoms with van der Waals surface area (Å²) in [5.74, 6) is 0.0323. The normalized spacial score (nSPS) is 10.7. The number of carbonyl (C=O) groups excluding carboxylic acids is 1. The van der Waals surface area contributed by atoms with Crippen molar-refractivity contribution in [2.45, 2.75) is 13.8 Å². The van der Waals surface area contributed by atoms with Crippen LogP contribution in [-0.2, 0) is 0 Å². The van der Waals surface area contributed by atoms with E-state index in [-0.39, 0.29) is 5.95 Å². The number of benzene rings is 2. The van der Waals surface area contributed by atoms with Crippen molar-refractivity contribution < 1.29 is 4.79 Å². The van der Waals surface area contributed by atoms with Gasteiger partial charge in [0.2, 0.25) is 5.95 Å². The van der Waals surface area contributed by atoms with Crippen LogP contribution in [0.1, 0.15) is 21.5 Å². The average molecular weight is 327 g/mol. The molecule has 3 rings (SSSR count). The summed E-state index contributed by atoms with van der Waals surface area (Å²) in [5.41, 5.74) is 9.30. The number of hydrogen-bond donors (Lipinski definition) is 1. The number of halogens is 1. The Morgan fingerprint density at radius 2 is 1.87 bits per heavy atom. The van der Waals surface area contributed by atoms with Crippen molar-refractivity contribution >= 4 is 23.5 Å². The quantitative estimate of drug-likeness (QED) is 0.782. The Bertz CT molecular complexity index is 901. The second-order valence-corrected chi connectivity index (χ2v) is 5.70. The minimum atomic E-state index is -0.407. The molecule has 0 radical (unpaired) electrons. The third kappa shape index (κ3) is 2.83. The van der Waals surface area contributed by atoms with Crippen LogP contribution in [0.4, 0.5) is 5.95 Å². The van der Waals surface area contributed by atoms with E-state index in [0.29, 0.717) is 16.4 Å². The molecule has 2 aromatic carbocycles. The predicted octanol–water partition coefficient (Wildman–Crippen LogP) is 3.49. The van der Waals surface area contributed by atoms with Crippen molar-refractivity contribution in [3.05, 3.63) is 64.2 Å². The first kappa shape index (κ1) is 15.2. The molecule has 5 nitrogen and oxygen atoms in total. The maximum atomic E-state index is 12.5. The molecule has 3 aromatic rings. The van der Waals surface area contributed by atoms with Crippen molar-refractivity contribution in [1.82, 2.24) is 14.8 Å². The Morgan fingerprint density at radius 3 is 2.57 bits per heavy atom. The first-order valence-electron chi connectivity index (χ1n) is 7.07. The van der Waals surface area contributed by atoms with Crippen LogP contribution < -0.4 is 5.73 Å². The van der Waals surface area contributed by atoms with E-state index >= 15 is 0 Å². The van der Waals surface area contributed by atoms with Crippen molar-refractivity contribution in [2.24, 2.45) is 0 Å². The summed E-state index contributed by atoms with van der Waals surface area (Å²) in [5, 5.41) is 4.59. The molecule has 2 N–H and O–H groups in total. The van der Waals surface area contributed by atoms with Gasteiger partial charge in [-0.05, 0) is 43.2 Å². The van der Waals surface area contributed by atoms with E-state index < -0.39 is 5.91 Å². The number of nitrogens with zero attached hydrogens (tertiary/aromatic N) is 3. The van der Waals surface area contributed by atoms with Crippen LogP contribution in [0.2, 0.25) is 5.02 Å². The number of rotatable bonds is 2. The van der Waals surface area contributed by atoms with Crippen molar-refractivity contribution in [3.63, 3.8) is 0 Å². The molecule has 0 fully saturated rings. The van der Waals surface area contributed by atoms with Gasteiger partial charge in [-0.1, -0.05) is 35.9 Å². The van der Waals surface area contributed by atoms with Gasteiger partial charge in [-0.2, -0.15) is 9.67 Å². The number of carbonyl (C=O) groups is 1. The fraction of sp³-hybridized carbons (Fsp3) is 0.118. The molecule has 23 heavy (non-hydrogen) atoms. The van der Waals surface area contributed by atoms with Crippen LogP contribution in [0.25, 0.3) is 11.4 Å². The van der Waals surface area contributed by atoms with Gasteiger partial charge < -0.3 is 5.73 Å². The molecule has 0 unspecified atom stereocenters. The van der Waals surface area contributed by atoms with E-state index in [0.717, 1.165) is 15.8 Å². The molecular weight excluding hydrogens is 312 g/mol. The summed E-state index contributed by atoms with van der Waals surface area (Å²) < 4.78 is 1.08. The first-order valence-corrected chi connectivity index (χ1v) is 7.44. The Balaban J connectivity index is 2.03. The predicted molar refractivity (Wildman–Crippen MR) is 90.5 cm³/mol. The second-order valence-electron chi connectivity index (χ2n) is 5.29. The molecule has 0 spiro atoms. The monoisotopic (exact) mass is 326 g/mol. The minimum absolute atomic E-state index is 0.0307. The molecule has 0 amide bonds. The maximum absolute atomic E-state index is 12.5. The van der Waals surface area contributed by atoms with Crippen LogP contribution in [0, 0.1) is 13.8 Å². The molecule has 0 saturated heterocycles. The van der Waals surface area contributed by atoms with E-state index in [1.54, 1.807) is 24.3 Å². The zero-order valence-electron chi connectivity index (χ0n) is 12.7. The van der Waals surface area contributed by atoms with E-state index in [1.807, 2.05) is 32.0 Å². The topological polar surface area (TPSA) is 73.8 Å². The van der Waals surface area contributed by atoms with Crippen LogP contribution in [0.5, 0.6) is 0 Å². The maximum Gasteiger partial charge on any atom is 0.282 e. The van der Waals surface area contributed by atoms with Gasteiger partial charge in [0.05, 0.1) is 10.6 Å². The zero-order valence-corrected chi connectivity index (χ0v) is 13.5. The molecule has 1 aromatic heterocycles. The van der Waals surface area contributed by atoms with E-state index in [4.69, 9.17) is 17.3 Å². The smallest absolute Gasteiger partial charge is 0.282 e. The van der Waals surface area contributed by atoms with E-state index in [2.05, 4.69) is 10.1 Å². The lowest BCUT2D eigenvalue weighted by Crippen LogP contribution is -2.16. The fourth-order valence-corrected chi connectivity index (χ4v) is 2.44. The molecule has 0 atom stereocenters. The van der Waals surface area contributed by atoms with Gasteiger partial charge in [0, 0.05) is 5.56 Å². The highest BCUT2D eigenvalue weighted by atomic mass is 35.5. The fourth-order valence-electron chi connectivity index (χ4n) is 2.23. The summed E-state index contributed by atoms with van der Waals surface area (Å²) in [6, 6.07) is 12.6. The zero-order chi connectivity index (χ0) is 16.6. The van der Waals surface area contributed by atoms with Gasteiger partial charge in [0.25, 0.3) is 5.91 Å². The Labute approximate surface area is 138 Å². The van der Waals surface area contributed by atoms with E-state index in [1.165, 1.54) is 5.56 Å². The Morgan fingerprint density at radius 1 is 1.13 bits per heavy atom. The summed E-state index contributed by atoms with van der Waals surface area (Å²) in [6.07, 6.45) is 0. The van der Waals surface area contributed by atoms with Gasteiger partial charge in [-0.3, -0.25) is 4.79 Å². The Kier molecular flexibility index (Phi) is 3.88. The molecule has 6 heteroatoms. The first-order chi connectivity index (χ1) is 11.0. The molecule has 0 bridgehead atoms. The third-order valence-electron chi connectivity index (χ3n) is 3.69. The van der Waals surface area contributed by atoms with Gasteiger partial charge in [-0.15, -0.1) is 5.10 Å². The highest BCUT2D eigenvalue weighted by Gasteiger charge is 2.18. The Hall–Kier alpha value is -2.66. The van der Waals surface area contributed by atoms with Crippen LogP contribution in [0.15, 0.2) is 42.5 Å². The minimum Gasteiger partial charge on any atom is -0.368 e. The molecule has 0 aliphatic heterocycles. The van der Waals surface area contributed by atoms with E-state index in [9.17, 15) is 4.79 Å². The molecule has 0 aliphatic rings. The lowest BCUT2D eigenvalue weighted by Gasteiger charge is -2.03. The second kappa shape index (κ2) is 5.85. The van der Waals surface area contributed by atoms with Gasteiger partial charge in [-0.25, -0.2) is 0 Å². The summed E-state index contributed by atoms with van der Waals surface area (Å²) in [7, 11) is 0. The van der Waals surface area contributed by atoms with Gasteiger partial charge >= 0.3 is 0 Å². The van der Waals surface area contributed by atoms with Crippen molar-refractivity contribution in [3.8, 4) is 11.4 Å². The summed E-state index contributed by atoms with van der Waals surface area (Å²) >= 11 is 6.06. The number of anilines is 1.